The van der Waals surface area contributed by atoms with Crippen molar-refractivity contribution >= 4 is 22.7 Å². The maximum atomic E-state index is 12.8. The predicted molar refractivity (Wildman–Crippen MR) is 98.6 cm³/mol. The lowest BCUT2D eigenvalue weighted by Crippen LogP contribution is -2.50. The topological polar surface area (TPSA) is 67.9 Å². The summed E-state index contributed by atoms with van der Waals surface area (Å²) in [5, 5.41) is 0.661. The summed E-state index contributed by atoms with van der Waals surface area (Å²) in [6.07, 6.45) is -3.48. The Balaban J connectivity index is 1.46. The molecule has 1 amide bonds. The zero-order valence-electron chi connectivity index (χ0n) is 15.2. The molecule has 9 heteroatoms. The Morgan fingerprint density at radius 3 is 2.41 bits per heavy atom. The number of nitrogens with zero attached hydrogens (tertiary/aromatic N) is 2. The molecule has 1 aliphatic rings. The van der Waals surface area contributed by atoms with Crippen molar-refractivity contribution in [3.05, 3.63) is 70.2 Å². The third kappa shape index (κ3) is 3.80. The summed E-state index contributed by atoms with van der Waals surface area (Å²) >= 11 is 0. The number of carbonyl (C=O) groups is 1. The molecule has 0 saturated carbocycles. The number of benzene rings is 1. The number of aromatic nitrogens is 1. The molecule has 1 aliphatic heterocycles. The van der Waals surface area contributed by atoms with Crippen LogP contribution >= 0.6 is 0 Å². The normalized spacial score (nSPS) is 15.0. The summed E-state index contributed by atoms with van der Waals surface area (Å²) in [7, 11) is 0. The number of anilines is 1. The first-order chi connectivity index (χ1) is 13.8. The number of nitrogens with one attached hydrogen (secondary N) is 1. The Morgan fingerprint density at radius 1 is 1.03 bits per heavy atom. The van der Waals surface area contributed by atoms with E-state index < -0.39 is 23.3 Å². The molecule has 3 aromatic rings. The highest BCUT2D eigenvalue weighted by Crippen LogP contribution is 2.28. The summed E-state index contributed by atoms with van der Waals surface area (Å²) in [4.78, 5) is 31.0. The van der Waals surface area contributed by atoms with Gasteiger partial charge in [0.25, 0.3) is 11.7 Å². The molecule has 29 heavy (non-hydrogen) atoms. The van der Waals surface area contributed by atoms with E-state index in [9.17, 15) is 22.8 Å². The molecule has 4 rings (SSSR count). The van der Waals surface area contributed by atoms with Crippen LogP contribution in [0.4, 0.5) is 19.0 Å². The number of rotatable bonds is 2. The second kappa shape index (κ2) is 7.23. The number of amides is 1. The number of aromatic amines is 1. The van der Waals surface area contributed by atoms with Crippen molar-refractivity contribution in [2.75, 3.05) is 31.1 Å². The van der Waals surface area contributed by atoms with Crippen LogP contribution in [0, 0.1) is 0 Å². The zero-order valence-corrected chi connectivity index (χ0v) is 15.2. The van der Waals surface area contributed by atoms with Crippen molar-refractivity contribution in [2.24, 2.45) is 0 Å². The molecular formula is C20H17F3N3O3+. The molecule has 150 valence electrons. The van der Waals surface area contributed by atoms with Crippen LogP contribution in [0.1, 0.15) is 15.9 Å². The van der Waals surface area contributed by atoms with Gasteiger partial charge in [0.15, 0.2) is 0 Å². The SMILES string of the molecule is O=C(c1cc2ccccc2oc1=O)N1CCN(c2ccc(C(F)(F)F)c[nH+]2)CC1. The number of fused-ring (bicyclic) bond motifs is 1. The Kier molecular flexibility index (Phi) is 4.73. The van der Waals surface area contributed by atoms with E-state index in [4.69, 9.17) is 4.42 Å². The number of carbonyl (C=O) groups excluding carboxylic acids is 1. The van der Waals surface area contributed by atoms with Crippen molar-refractivity contribution in [2.45, 2.75) is 6.18 Å². The predicted octanol–water partition coefficient (Wildman–Crippen LogP) is 2.59. The second-order valence-electron chi connectivity index (χ2n) is 6.72. The Labute approximate surface area is 163 Å². The van der Waals surface area contributed by atoms with Gasteiger partial charge in [-0.2, -0.15) is 13.2 Å². The molecule has 0 spiro atoms. The first-order valence-electron chi connectivity index (χ1n) is 8.99. The van der Waals surface area contributed by atoms with Crippen molar-refractivity contribution in [3.63, 3.8) is 0 Å². The molecule has 1 aromatic carbocycles. The summed E-state index contributed by atoms with van der Waals surface area (Å²) in [5.41, 5.74) is -1.06. The van der Waals surface area contributed by atoms with Gasteiger partial charge in [-0.25, -0.2) is 9.78 Å². The Hall–Kier alpha value is -3.36. The zero-order chi connectivity index (χ0) is 20.6. The van der Waals surface area contributed by atoms with Crippen LogP contribution in [-0.4, -0.2) is 37.0 Å². The number of piperazine rings is 1. The fourth-order valence-electron chi connectivity index (χ4n) is 3.32. The van der Waals surface area contributed by atoms with E-state index in [0.29, 0.717) is 43.0 Å². The Morgan fingerprint density at radius 2 is 1.76 bits per heavy atom. The van der Waals surface area contributed by atoms with Crippen molar-refractivity contribution in [3.8, 4) is 0 Å². The van der Waals surface area contributed by atoms with Gasteiger partial charge in [0.1, 0.15) is 30.4 Å². The van der Waals surface area contributed by atoms with Gasteiger partial charge in [-0.05, 0) is 18.2 Å². The van der Waals surface area contributed by atoms with Crippen LogP contribution in [0.2, 0.25) is 0 Å². The number of alkyl halides is 3. The quantitative estimate of drug-likeness (QED) is 0.616. The van der Waals surface area contributed by atoms with Crippen LogP contribution in [-0.2, 0) is 6.18 Å². The fourth-order valence-corrected chi connectivity index (χ4v) is 3.32. The number of pyridine rings is 1. The molecule has 1 N–H and O–H groups in total. The molecular weight excluding hydrogens is 387 g/mol. The average molecular weight is 404 g/mol. The average Bonchev–Trinajstić information content (AvgIpc) is 2.72. The lowest BCUT2D eigenvalue weighted by atomic mass is 10.1. The first kappa shape index (κ1) is 19.0. The smallest absolute Gasteiger partial charge is 0.419 e. The van der Waals surface area contributed by atoms with Gasteiger partial charge in [-0.15, -0.1) is 0 Å². The minimum Gasteiger partial charge on any atom is -0.422 e. The minimum absolute atomic E-state index is 0.0294. The molecule has 0 bridgehead atoms. The van der Waals surface area contributed by atoms with E-state index in [1.807, 2.05) is 4.90 Å². The second-order valence-corrected chi connectivity index (χ2v) is 6.72. The van der Waals surface area contributed by atoms with E-state index in [0.717, 1.165) is 12.3 Å². The van der Waals surface area contributed by atoms with Crippen LogP contribution in [0.25, 0.3) is 11.0 Å². The maximum absolute atomic E-state index is 12.8. The highest BCUT2D eigenvalue weighted by molar-refractivity contribution is 5.96. The summed E-state index contributed by atoms with van der Waals surface area (Å²) < 4.78 is 43.3. The number of hydrogen-bond acceptors (Lipinski definition) is 4. The summed E-state index contributed by atoms with van der Waals surface area (Å²) in [6, 6.07) is 10.9. The van der Waals surface area contributed by atoms with E-state index in [1.54, 1.807) is 29.2 Å². The van der Waals surface area contributed by atoms with E-state index in [2.05, 4.69) is 4.98 Å². The van der Waals surface area contributed by atoms with Crippen LogP contribution in [0.15, 0.2) is 57.9 Å². The fraction of sp³-hybridized carbons (Fsp3) is 0.250. The molecule has 6 nitrogen and oxygen atoms in total. The van der Waals surface area contributed by atoms with Crippen molar-refractivity contribution in [1.82, 2.24) is 4.90 Å². The first-order valence-corrected chi connectivity index (χ1v) is 8.99. The van der Waals surface area contributed by atoms with E-state index in [1.165, 1.54) is 12.1 Å². The van der Waals surface area contributed by atoms with Crippen molar-refractivity contribution < 1.29 is 27.4 Å². The third-order valence-electron chi connectivity index (χ3n) is 4.90. The summed E-state index contributed by atoms with van der Waals surface area (Å²) in [6.45, 7) is 1.51. The molecule has 0 radical (unpaired) electrons. The molecule has 0 aliphatic carbocycles. The monoisotopic (exact) mass is 404 g/mol. The van der Waals surface area contributed by atoms with Gasteiger partial charge >= 0.3 is 11.8 Å². The highest BCUT2D eigenvalue weighted by Gasteiger charge is 2.33. The lowest BCUT2D eigenvalue weighted by molar-refractivity contribution is -0.367. The van der Waals surface area contributed by atoms with E-state index in [-0.39, 0.29) is 5.56 Å². The van der Waals surface area contributed by atoms with Gasteiger partial charge in [0.2, 0.25) is 0 Å². The van der Waals surface area contributed by atoms with Gasteiger partial charge in [0, 0.05) is 11.5 Å². The maximum Gasteiger partial charge on any atom is 0.419 e. The van der Waals surface area contributed by atoms with Gasteiger partial charge in [-0.3, -0.25) is 9.69 Å². The number of hydrogen-bond donors (Lipinski definition) is 0. The Bertz CT molecular complexity index is 1100. The van der Waals surface area contributed by atoms with Crippen molar-refractivity contribution in [1.29, 1.82) is 0 Å². The third-order valence-corrected chi connectivity index (χ3v) is 4.90. The molecule has 0 atom stereocenters. The standard InChI is InChI=1S/C20H16F3N3O3/c21-20(22,23)14-5-6-17(24-12-14)25-7-9-26(10-8-25)18(27)15-11-13-3-1-2-4-16(13)29-19(15)28/h1-6,11-12H,7-10H2/p+1. The van der Waals surface area contributed by atoms with Gasteiger partial charge in [-0.1, -0.05) is 18.2 Å². The minimum atomic E-state index is -4.40. The van der Waals surface area contributed by atoms with Gasteiger partial charge < -0.3 is 9.32 Å². The largest absolute Gasteiger partial charge is 0.422 e. The van der Waals surface area contributed by atoms with Crippen LogP contribution < -0.4 is 15.5 Å². The molecule has 3 heterocycles. The van der Waals surface area contributed by atoms with Gasteiger partial charge in [0.05, 0.1) is 18.7 Å². The van der Waals surface area contributed by atoms with Crippen LogP contribution in [0.5, 0.6) is 0 Å². The molecule has 2 aromatic heterocycles. The summed E-state index contributed by atoms with van der Waals surface area (Å²) in [5.74, 6) is 0.121. The lowest BCUT2D eigenvalue weighted by Gasteiger charge is -2.30. The number of para-hydroxylation sites is 1. The molecule has 1 saturated heterocycles. The highest BCUT2D eigenvalue weighted by atomic mass is 19.4. The van der Waals surface area contributed by atoms with E-state index >= 15 is 0 Å². The van der Waals surface area contributed by atoms with Crippen LogP contribution in [0.3, 0.4) is 0 Å². The molecule has 1 fully saturated rings. The number of H-pyrrole nitrogens is 1. The molecule has 0 unspecified atom stereocenters. The number of halogens is 3.